The summed E-state index contributed by atoms with van der Waals surface area (Å²) in [5.74, 6) is 1.04. The maximum atomic E-state index is 9.47. The van der Waals surface area contributed by atoms with Gasteiger partial charge < -0.3 is 10.0 Å². The maximum absolute atomic E-state index is 9.47. The van der Waals surface area contributed by atoms with Crippen molar-refractivity contribution >= 4 is 5.82 Å². The summed E-state index contributed by atoms with van der Waals surface area (Å²) >= 11 is 0. The number of hydrogen-bond acceptors (Lipinski definition) is 3. The molecule has 1 aliphatic rings. The Morgan fingerprint density at radius 2 is 2.31 bits per heavy atom. The molecule has 0 aliphatic carbocycles. The lowest BCUT2D eigenvalue weighted by molar-refractivity contribution is 0.254. The van der Waals surface area contributed by atoms with E-state index in [0.717, 1.165) is 18.8 Å². The van der Waals surface area contributed by atoms with Crippen molar-refractivity contribution in [1.29, 1.82) is 0 Å². The summed E-state index contributed by atoms with van der Waals surface area (Å²) in [7, 11) is 0. The molecule has 1 aliphatic heterocycles. The Kier molecular flexibility index (Phi) is 3.78. The summed E-state index contributed by atoms with van der Waals surface area (Å²) in [5, 5.41) is 9.47. The van der Waals surface area contributed by atoms with Crippen molar-refractivity contribution in [1.82, 2.24) is 4.98 Å². The van der Waals surface area contributed by atoms with E-state index in [9.17, 15) is 5.11 Å². The van der Waals surface area contributed by atoms with Crippen LogP contribution in [0.2, 0.25) is 0 Å². The topological polar surface area (TPSA) is 36.4 Å². The highest BCUT2D eigenvalue weighted by atomic mass is 16.3. The summed E-state index contributed by atoms with van der Waals surface area (Å²) in [5.41, 5.74) is 1.20. The second-order valence-corrected chi connectivity index (χ2v) is 4.52. The monoisotopic (exact) mass is 220 g/mol. The van der Waals surface area contributed by atoms with Crippen molar-refractivity contribution in [3.63, 3.8) is 0 Å². The summed E-state index contributed by atoms with van der Waals surface area (Å²) in [6, 6.07) is 4.29. The van der Waals surface area contributed by atoms with Crippen LogP contribution in [-0.2, 0) is 0 Å². The number of aryl methyl sites for hydroxylation is 1. The minimum atomic E-state index is 0.232. The molecule has 0 radical (unpaired) electrons. The summed E-state index contributed by atoms with van der Waals surface area (Å²) in [6.07, 6.45) is 6.59. The first-order chi connectivity index (χ1) is 7.83. The van der Waals surface area contributed by atoms with Crippen LogP contribution < -0.4 is 4.90 Å². The summed E-state index contributed by atoms with van der Waals surface area (Å²) in [4.78, 5) is 6.74. The molecule has 1 atom stereocenters. The average molecular weight is 220 g/mol. The van der Waals surface area contributed by atoms with Gasteiger partial charge >= 0.3 is 0 Å². The smallest absolute Gasteiger partial charge is 0.131 e. The van der Waals surface area contributed by atoms with Gasteiger partial charge in [0.2, 0.25) is 0 Å². The number of hydrogen-bond donors (Lipinski definition) is 1. The molecule has 0 spiro atoms. The molecule has 1 unspecified atom stereocenters. The molecule has 0 amide bonds. The van der Waals surface area contributed by atoms with Gasteiger partial charge in [0, 0.05) is 12.7 Å². The number of nitrogens with zero attached hydrogens (tertiary/aromatic N) is 2. The third-order valence-corrected chi connectivity index (χ3v) is 3.34. The van der Waals surface area contributed by atoms with E-state index in [1.807, 2.05) is 12.3 Å². The lowest BCUT2D eigenvalue weighted by atomic mass is 10.1. The Morgan fingerprint density at radius 3 is 3.06 bits per heavy atom. The third-order valence-electron chi connectivity index (χ3n) is 3.34. The van der Waals surface area contributed by atoms with Crippen molar-refractivity contribution in [3.05, 3.63) is 23.9 Å². The van der Waals surface area contributed by atoms with Crippen LogP contribution in [-0.4, -0.2) is 29.3 Å². The van der Waals surface area contributed by atoms with Crippen LogP contribution in [0.3, 0.4) is 0 Å². The number of aromatic nitrogens is 1. The average Bonchev–Trinajstić information content (AvgIpc) is 2.54. The first kappa shape index (κ1) is 11.4. The van der Waals surface area contributed by atoms with E-state index in [2.05, 4.69) is 22.9 Å². The number of aliphatic hydroxyl groups excluding tert-OH is 1. The zero-order valence-electron chi connectivity index (χ0n) is 9.89. The highest BCUT2D eigenvalue weighted by molar-refractivity contribution is 5.47. The van der Waals surface area contributed by atoms with Gasteiger partial charge in [0.25, 0.3) is 0 Å². The second kappa shape index (κ2) is 5.30. The standard InChI is InChI=1S/C13H20N2O/c1-11-6-5-8-14-13(11)15-9-4-2-3-7-12(15)10-16/h5-6,8,12,16H,2-4,7,9-10H2,1H3. The minimum Gasteiger partial charge on any atom is -0.394 e. The fourth-order valence-electron chi connectivity index (χ4n) is 2.42. The Bertz CT molecular complexity index is 340. The van der Waals surface area contributed by atoms with Crippen LogP contribution >= 0.6 is 0 Å². The van der Waals surface area contributed by atoms with Gasteiger partial charge in [0.1, 0.15) is 5.82 Å². The van der Waals surface area contributed by atoms with Crippen LogP contribution in [0.25, 0.3) is 0 Å². The molecular formula is C13H20N2O. The molecule has 1 aromatic rings. The Labute approximate surface area is 97.1 Å². The molecule has 1 saturated heterocycles. The van der Waals surface area contributed by atoms with E-state index in [-0.39, 0.29) is 12.6 Å². The van der Waals surface area contributed by atoms with Crippen molar-refractivity contribution < 1.29 is 5.11 Å². The van der Waals surface area contributed by atoms with Crippen molar-refractivity contribution in [2.75, 3.05) is 18.1 Å². The molecule has 0 aromatic carbocycles. The van der Waals surface area contributed by atoms with E-state index in [0.29, 0.717) is 0 Å². The van der Waals surface area contributed by atoms with Gasteiger partial charge in [0.05, 0.1) is 12.6 Å². The Hall–Kier alpha value is -1.09. The molecule has 1 fully saturated rings. The fraction of sp³-hybridized carbons (Fsp3) is 0.615. The normalized spacial score (nSPS) is 21.9. The number of pyridine rings is 1. The Balaban J connectivity index is 2.25. The van der Waals surface area contributed by atoms with E-state index < -0.39 is 0 Å². The predicted molar refractivity (Wildman–Crippen MR) is 65.7 cm³/mol. The van der Waals surface area contributed by atoms with Crippen LogP contribution in [0.15, 0.2) is 18.3 Å². The first-order valence-corrected chi connectivity index (χ1v) is 6.12. The molecule has 0 bridgehead atoms. The molecule has 88 valence electrons. The lowest BCUT2D eigenvalue weighted by Gasteiger charge is -2.30. The zero-order chi connectivity index (χ0) is 11.4. The molecule has 1 N–H and O–H groups in total. The highest BCUT2D eigenvalue weighted by Crippen LogP contribution is 2.24. The van der Waals surface area contributed by atoms with E-state index in [1.165, 1.54) is 24.8 Å². The maximum Gasteiger partial charge on any atom is 0.131 e. The van der Waals surface area contributed by atoms with Crippen molar-refractivity contribution in [2.45, 2.75) is 38.6 Å². The van der Waals surface area contributed by atoms with Gasteiger partial charge in [-0.1, -0.05) is 18.9 Å². The second-order valence-electron chi connectivity index (χ2n) is 4.52. The van der Waals surface area contributed by atoms with Gasteiger partial charge in [-0.3, -0.25) is 0 Å². The molecule has 1 aromatic heterocycles. The predicted octanol–water partition coefficient (Wildman–Crippen LogP) is 2.13. The molecular weight excluding hydrogens is 200 g/mol. The largest absolute Gasteiger partial charge is 0.394 e. The Morgan fingerprint density at radius 1 is 1.44 bits per heavy atom. The molecule has 16 heavy (non-hydrogen) atoms. The van der Waals surface area contributed by atoms with Crippen LogP contribution in [0, 0.1) is 6.92 Å². The number of anilines is 1. The quantitative estimate of drug-likeness (QED) is 0.829. The summed E-state index contributed by atoms with van der Waals surface area (Å²) in [6.45, 7) is 3.33. The molecule has 3 heteroatoms. The van der Waals surface area contributed by atoms with Crippen LogP contribution in [0.5, 0.6) is 0 Å². The molecule has 2 rings (SSSR count). The zero-order valence-corrected chi connectivity index (χ0v) is 9.89. The number of aliphatic hydroxyl groups is 1. The minimum absolute atomic E-state index is 0.232. The van der Waals surface area contributed by atoms with Crippen LogP contribution in [0.4, 0.5) is 5.82 Å². The van der Waals surface area contributed by atoms with Crippen molar-refractivity contribution in [2.24, 2.45) is 0 Å². The van der Waals surface area contributed by atoms with Gasteiger partial charge in [-0.15, -0.1) is 0 Å². The third kappa shape index (κ3) is 2.35. The fourth-order valence-corrected chi connectivity index (χ4v) is 2.42. The lowest BCUT2D eigenvalue weighted by Crippen LogP contribution is -2.38. The first-order valence-electron chi connectivity index (χ1n) is 6.12. The van der Waals surface area contributed by atoms with Crippen LogP contribution in [0.1, 0.15) is 31.2 Å². The SMILES string of the molecule is Cc1cccnc1N1CCCCCC1CO. The van der Waals surface area contributed by atoms with Gasteiger partial charge in [-0.25, -0.2) is 4.98 Å². The molecule has 3 nitrogen and oxygen atoms in total. The molecule has 0 saturated carbocycles. The van der Waals surface area contributed by atoms with Gasteiger partial charge in [-0.05, 0) is 31.4 Å². The number of rotatable bonds is 2. The van der Waals surface area contributed by atoms with E-state index in [1.54, 1.807) is 0 Å². The summed E-state index contributed by atoms with van der Waals surface area (Å²) < 4.78 is 0. The van der Waals surface area contributed by atoms with Gasteiger partial charge in [-0.2, -0.15) is 0 Å². The van der Waals surface area contributed by atoms with E-state index in [4.69, 9.17) is 0 Å². The van der Waals surface area contributed by atoms with Crippen molar-refractivity contribution in [3.8, 4) is 0 Å². The highest BCUT2D eigenvalue weighted by Gasteiger charge is 2.22. The van der Waals surface area contributed by atoms with Gasteiger partial charge in [0.15, 0.2) is 0 Å². The molecule has 2 heterocycles. The van der Waals surface area contributed by atoms with E-state index >= 15 is 0 Å².